The molecule has 4 rings (SSSR count). The van der Waals surface area contributed by atoms with Crippen molar-refractivity contribution >= 4 is 15.7 Å². The van der Waals surface area contributed by atoms with Crippen LogP contribution in [0.1, 0.15) is 11.1 Å². The van der Waals surface area contributed by atoms with Crippen LogP contribution < -0.4 is 9.04 Å². The van der Waals surface area contributed by atoms with Crippen molar-refractivity contribution in [2.45, 2.75) is 11.1 Å². The highest BCUT2D eigenvalue weighted by atomic mass is 32.2. The van der Waals surface area contributed by atoms with Gasteiger partial charge in [-0.15, -0.1) is 0 Å². The van der Waals surface area contributed by atoms with E-state index < -0.39 is 26.7 Å². The number of benzene rings is 2. The molecule has 0 aliphatic carbocycles. The molecule has 0 saturated carbocycles. The van der Waals surface area contributed by atoms with Gasteiger partial charge in [0.15, 0.2) is 5.75 Å². The lowest BCUT2D eigenvalue weighted by molar-refractivity contribution is -0.137. The zero-order valence-electron chi connectivity index (χ0n) is 15.8. The van der Waals surface area contributed by atoms with Crippen LogP contribution in [-0.4, -0.2) is 26.6 Å². The molecule has 158 valence electrons. The summed E-state index contributed by atoms with van der Waals surface area (Å²) in [6.45, 7) is -0.0669. The number of nitriles is 1. The minimum Gasteiger partial charge on any atom is -0.489 e. The number of sulfonamides is 1. The fraction of sp³-hybridized carbons (Fsp3) is 0.143. The van der Waals surface area contributed by atoms with Crippen LogP contribution >= 0.6 is 0 Å². The van der Waals surface area contributed by atoms with Gasteiger partial charge in [0.25, 0.3) is 10.0 Å². The zero-order valence-corrected chi connectivity index (χ0v) is 16.6. The topological polar surface area (TPSA) is 83.3 Å². The molecule has 2 aromatic carbocycles. The van der Waals surface area contributed by atoms with Crippen LogP contribution in [-0.2, 0) is 16.2 Å². The molecule has 0 fully saturated rings. The summed E-state index contributed by atoms with van der Waals surface area (Å²) >= 11 is 0. The maximum Gasteiger partial charge on any atom is 0.416 e. The average Bonchev–Trinajstić information content (AvgIpc) is 2.78. The molecule has 0 amide bonds. The van der Waals surface area contributed by atoms with Crippen molar-refractivity contribution < 1.29 is 26.3 Å². The van der Waals surface area contributed by atoms with E-state index in [1.807, 2.05) is 6.07 Å². The van der Waals surface area contributed by atoms with Crippen LogP contribution in [0.4, 0.5) is 18.9 Å². The number of fused-ring (bicyclic) bond motifs is 1. The molecule has 1 aliphatic rings. The van der Waals surface area contributed by atoms with E-state index in [0.717, 1.165) is 22.5 Å². The molecule has 10 heteroatoms. The van der Waals surface area contributed by atoms with Gasteiger partial charge in [-0.05, 0) is 35.9 Å². The average molecular weight is 445 g/mol. The van der Waals surface area contributed by atoms with Crippen LogP contribution in [0.5, 0.6) is 5.75 Å². The normalized spacial score (nSPS) is 13.8. The Morgan fingerprint density at radius 3 is 2.52 bits per heavy atom. The molecule has 2 heterocycles. The number of ether oxygens (including phenoxy) is 1. The molecule has 31 heavy (non-hydrogen) atoms. The second kappa shape index (κ2) is 7.59. The van der Waals surface area contributed by atoms with E-state index in [2.05, 4.69) is 4.98 Å². The second-order valence-electron chi connectivity index (χ2n) is 6.68. The van der Waals surface area contributed by atoms with Gasteiger partial charge >= 0.3 is 6.18 Å². The molecular formula is C21H14F3N3O3S. The first-order valence-corrected chi connectivity index (χ1v) is 10.5. The monoisotopic (exact) mass is 445 g/mol. The van der Waals surface area contributed by atoms with E-state index in [9.17, 15) is 21.6 Å². The Morgan fingerprint density at radius 2 is 1.84 bits per heavy atom. The van der Waals surface area contributed by atoms with Crippen molar-refractivity contribution in [3.05, 3.63) is 72.1 Å². The predicted octanol–water partition coefficient (Wildman–Crippen LogP) is 4.23. The van der Waals surface area contributed by atoms with Gasteiger partial charge in [0.2, 0.25) is 0 Å². The van der Waals surface area contributed by atoms with Gasteiger partial charge < -0.3 is 4.74 Å². The maximum atomic E-state index is 13.2. The second-order valence-corrected chi connectivity index (χ2v) is 8.54. The highest BCUT2D eigenvalue weighted by Gasteiger charge is 2.35. The first-order valence-electron chi connectivity index (χ1n) is 9.03. The number of alkyl halides is 3. The van der Waals surface area contributed by atoms with Gasteiger partial charge in [-0.1, -0.05) is 18.2 Å². The molecule has 0 spiro atoms. The highest BCUT2D eigenvalue weighted by molar-refractivity contribution is 7.92. The predicted molar refractivity (Wildman–Crippen MR) is 106 cm³/mol. The third kappa shape index (κ3) is 3.80. The summed E-state index contributed by atoms with van der Waals surface area (Å²) in [6.07, 6.45) is -1.87. The molecule has 1 aliphatic heterocycles. The van der Waals surface area contributed by atoms with Crippen LogP contribution in [0.15, 0.2) is 65.8 Å². The van der Waals surface area contributed by atoms with E-state index in [1.54, 1.807) is 24.3 Å². The smallest absolute Gasteiger partial charge is 0.416 e. The number of halogens is 3. The Bertz CT molecular complexity index is 1280. The summed E-state index contributed by atoms with van der Waals surface area (Å²) in [7, 11) is -4.30. The molecule has 3 aromatic rings. The lowest BCUT2D eigenvalue weighted by atomic mass is 10.0. The van der Waals surface area contributed by atoms with E-state index in [0.29, 0.717) is 22.8 Å². The summed E-state index contributed by atoms with van der Waals surface area (Å²) in [5.41, 5.74) is 0.695. The maximum absolute atomic E-state index is 13.2. The van der Waals surface area contributed by atoms with Crippen molar-refractivity contribution in [1.29, 1.82) is 5.26 Å². The Morgan fingerprint density at radius 1 is 1.10 bits per heavy atom. The molecule has 1 aromatic heterocycles. The fourth-order valence-electron chi connectivity index (χ4n) is 3.26. The minimum absolute atomic E-state index is 0.0124. The summed E-state index contributed by atoms with van der Waals surface area (Å²) in [4.78, 5) is 3.63. The quantitative estimate of drug-likeness (QED) is 0.603. The molecule has 0 bridgehead atoms. The molecular weight excluding hydrogens is 431 g/mol. The lowest BCUT2D eigenvalue weighted by Gasteiger charge is -2.31. The standard InChI is InChI=1S/C21H14F3N3O3S/c22-21(23,24)16-2-1-3-17(10-16)31(28,29)27-8-9-30-20-18(12-26-13-19(20)27)15-6-4-14(11-25)5-7-15/h1-7,10,12-13H,8-9H2. The lowest BCUT2D eigenvalue weighted by Crippen LogP contribution is -2.38. The van der Waals surface area contributed by atoms with Gasteiger partial charge in [0.05, 0.1) is 34.8 Å². The summed E-state index contributed by atoms with van der Waals surface area (Å²) in [6, 6.07) is 12.2. The molecule has 0 radical (unpaired) electrons. The molecule has 0 unspecified atom stereocenters. The fourth-order valence-corrected chi connectivity index (χ4v) is 4.74. The van der Waals surface area contributed by atoms with Crippen molar-refractivity contribution in [1.82, 2.24) is 4.98 Å². The zero-order chi connectivity index (χ0) is 22.2. The van der Waals surface area contributed by atoms with Crippen LogP contribution in [0, 0.1) is 11.3 Å². The largest absolute Gasteiger partial charge is 0.489 e. The number of nitrogens with zero attached hydrogens (tertiary/aromatic N) is 3. The Labute approximate surface area is 176 Å². The Hall–Kier alpha value is -3.58. The molecule has 0 atom stereocenters. The molecule has 6 nitrogen and oxygen atoms in total. The van der Waals surface area contributed by atoms with E-state index in [4.69, 9.17) is 10.00 Å². The summed E-state index contributed by atoms with van der Waals surface area (Å²) in [5.74, 6) is 0.251. The number of anilines is 1. The van der Waals surface area contributed by atoms with Crippen LogP contribution in [0.2, 0.25) is 0 Å². The highest BCUT2D eigenvalue weighted by Crippen LogP contribution is 2.42. The van der Waals surface area contributed by atoms with Gasteiger partial charge in [0, 0.05) is 11.8 Å². The summed E-state index contributed by atoms with van der Waals surface area (Å²) < 4.78 is 72.3. The number of aromatic nitrogens is 1. The number of pyridine rings is 1. The minimum atomic E-state index is -4.67. The van der Waals surface area contributed by atoms with Crippen molar-refractivity contribution in [3.63, 3.8) is 0 Å². The van der Waals surface area contributed by atoms with Crippen molar-refractivity contribution in [2.75, 3.05) is 17.5 Å². The third-order valence-electron chi connectivity index (χ3n) is 4.76. The van der Waals surface area contributed by atoms with Crippen molar-refractivity contribution in [3.8, 4) is 22.9 Å². The number of hydrogen-bond acceptors (Lipinski definition) is 5. The SMILES string of the molecule is N#Cc1ccc(-c2cncc3c2OCCN3S(=O)(=O)c2cccc(C(F)(F)F)c2)cc1. The third-order valence-corrected chi connectivity index (χ3v) is 6.57. The first kappa shape index (κ1) is 20.7. The first-order chi connectivity index (χ1) is 14.7. The van der Waals surface area contributed by atoms with Gasteiger partial charge in [-0.25, -0.2) is 8.42 Å². The van der Waals surface area contributed by atoms with Crippen molar-refractivity contribution in [2.24, 2.45) is 0 Å². The number of hydrogen-bond donors (Lipinski definition) is 0. The van der Waals surface area contributed by atoms with Gasteiger partial charge in [0.1, 0.15) is 12.3 Å². The van der Waals surface area contributed by atoms with Gasteiger partial charge in [-0.2, -0.15) is 18.4 Å². The van der Waals surface area contributed by atoms with Gasteiger partial charge in [-0.3, -0.25) is 9.29 Å². The van der Waals surface area contributed by atoms with E-state index in [-0.39, 0.29) is 24.6 Å². The van der Waals surface area contributed by atoms with E-state index >= 15 is 0 Å². The Kier molecular flexibility index (Phi) is 5.07. The Balaban J connectivity index is 1.79. The van der Waals surface area contributed by atoms with E-state index in [1.165, 1.54) is 12.4 Å². The summed E-state index contributed by atoms with van der Waals surface area (Å²) in [5, 5.41) is 8.96. The van der Waals surface area contributed by atoms with Crippen LogP contribution in [0.3, 0.4) is 0 Å². The molecule has 0 N–H and O–H groups in total. The van der Waals surface area contributed by atoms with Crippen LogP contribution in [0.25, 0.3) is 11.1 Å². The molecule has 0 saturated heterocycles. The number of rotatable bonds is 3.